The van der Waals surface area contributed by atoms with Gasteiger partial charge in [-0.25, -0.2) is 15.0 Å². The Morgan fingerprint density at radius 3 is 2.88 bits per heavy atom. The highest BCUT2D eigenvalue weighted by Crippen LogP contribution is 2.22. The Balaban J connectivity index is 1.55. The normalized spacial score (nSPS) is 10.9. The number of aryl methyl sites for hydroxylation is 1. The van der Waals surface area contributed by atoms with E-state index in [-0.39, 0.29) is 5.75 Å². The lowest BCUT2D eigenvalue weighted by molar-refractivity contribution is 0.474. The number of aromatic nitrogens is 3. The van der Waals surface area contributed by atoms with Crippen molar-refractivity contribution in [3.63, 3.8) is 0 Å². The maximum absolute atomic E-state index is 9.56. The molecule has 0 aliphatic carbocycles. The van der Waals surface area contributed by atoms with Crippen LogP contribution in [0.4, 0.5) is 11.5 Å². The van der Waals surface area contributed by atoms with Gasteiger partial charge in [0.15, 0.2) is 11.5 Å². The number of aromatic hydroxyl groups is 1. The molecule has 0 bridgehead atoms. The molecule has 2 heterocycles. The summed E-state index contributed by atoms with van der Waals surface area (Å²) in [6, 6.07) is 14.6. The number of rotatable bonds is 4. The third kappa shape index (κ3) is 3.42. The second-order valence-corrected chi connectivity index (χ2v) is 5.75. The predicted molar refractivity (Wildman–Crippen MR) is 95.0 cm³/mol. The third-order valence-electron chi connectivity index (χ3n) is 3.75. The van der Waals surface area contributed by atoms with Gasteiger partial charge in [0.25, 0.3) is 0 Å². The Morgan fingerprint density at radius 2 is 2.00 bits per heavy atom. The van der Waals surface area contributed by atoms with E-state index in [2.05, 4.69) is 20.3 Å². The Labute approximate surface area is 144 Å². The molecule has 2 aromatic carbocycles. The first-order valence-electron chi connectivity index (χ1n) is 7.90. The van der Waals surface area contributed by atoms with E-state index in [1.165, 1.54) is 0 Å². The number of benzene rings is 2. The number of phenols is 1. The molecular formula is C19H16N4O2. The van der Waals surface area contributed by atoms with Crippen LogP contribution in [0, 0.1) is 6.92 Å². The first kappa shape index (κ1) is 15.1. The van der Waals surface area contributed by atoms with Crippen molar-refractivity contribution in [3.05, 3.63) is 72.0 Å². The van der Waals surface area contributed by atoms with E-state index in [4.69, 9.17) is 4.42 Å². The fourth-order valence-electron chi connectivity index (χ4n) is 2.67. The van der Waals surface area contributed by atoms with Gasteiger partial charge in [-0.15, -0.1) is 0 Å². The molecule has 0 radical (unpaired) electrons. The summed E-state index contributed by atoms with van der Waals surface area (Å²) in [7, 11) is 0. The van der Waals surface area contributed by atoms with Crippen LogP contribution in [0.5, 0.6) is 5.75 Å². The standard InChI is InChI=1S/C19H16N4O2/c1-12-21-16-6-5-14(11-17(16)25-12)22-18-7-8-20-19(23-18)10-13-3-2-4-15(24)9-13/h2-9,11,24H,10H2,1H3,(H,20,22,23). The van der Waals surface area contributed by atoms with Gasteiger partial charge in [-0.1, -0.05) is 12.1 Å². The molecule has 124 valence electrons. The van der Waals surface area contributed by atoms with Crippen molar-refractivity contribution in [2.45, 2.75) is 13.3 Å². The predicted octanol–water partition coefficient (Wildman–Crippen LogP) is 3.97. The molecule has 6 heteroatoms. The van der Waals surface area contributed by atoms with Crippen molar-refractivity contribution < 1.29 is 9.52 Å². The summed E-state index contributed by atoms with van der Waals surface area (Å²) in [5.74, 6) is 2.25. The molecule has 2 N–H and O–H groups in total. The summed E-state index contributed by atoms with van der Waals surface area (Å²) in [5, 5.41) is 12.8. The molecule has 0 atom stereocenters. The van der Waals surface area contributed by atoms with Crippen molar-refractivity contribution >= 4 is 22.6 Å². The zero-order valence-corrected chi connectivity index (χ0v) is 13.6. The SMILES string of the molecule is Cc1nc2ccc(Nc3ccnc(Cc4cccc(O)c4)n3)cc2o1. The Kier molecular flexibility index (Phi) is 3.78. The van der Waals surface area contributed by atoms with Gasteiger partial charge in [0.2, 0.25) is 0 Å². The zero-order valence-electron chi connectivity index (χ0n) is 13.6. The molecule has 0 aliphatic rings. The lowest BCUT2D eigenvalue weighted by Gasteiger charge is -2.07. The molecule has 0 spiro atoms. The molecule has 4 rings (SSSR count). The first-order chi connectivity index (χ1) is 12.2. The van der Waals surface area contributed by atoms with Gasteiger partial charge in [0, 0.05) is 31.3 Å². The van der Waals surface area contributed by atoms with Crippen molar-refractivity contribution in [1.29, 1.82) is 0 Å². The molecular weight excluding hydrogens is 316 g/mol. The minimum atomic E-state index is 0.238. The fourth-order valence-corrected chi connectivity index (χ4v) is 2.67. The number of nitrogens with one attached hydrogen (secondary N) is 1. The number of nitrogens with zero attached hydrogens (tertiary/aromatic N) is 3. The van der Waals surface area contributed by atoms with Crippen LogP contribution < -0.4 is 5.32 Å². The molecule has 25 heavy (non-hydrogen) atoms. The highest BCUT2D eigenvalue weighted by atomic mass is 16.3. The van der Waals surface area contributed by atoms with E-state index < -0.39 is 0 Å². The van der Waals surface area contributed by atoms with Crippen LogP contribution >= 0.6 is 0 Å². The molecule has 2 aromatic heterocycles. The molecule has 0 amide bonds. The Morgan fingerprint density at radius 1 is 1.08 bits per heavy atom. The topological polar surface area (TPSA) is 84.1 Å². The summed E-state index contributed by atoms with van der Waals surface area (Å²) in [5.41, 5.74) is 3.38. The van der Waals surface area contributed by atoms with Gasteiger partial charge < -0.3 is 14.8 Å². The summed E-state index contributed by atoms with van der Waals surface area (Å²) in [6.45, 7) is 1.82. The average molecular weight is 332 g/mol. The largest absolute Gasteiger partial charge is 0.508 e. The van der Waals surface area contributed by atoms with Crippen molar-refractivity contribution in [2.75, 3.05) is 5.32 Å². The molecule has 0 fully saturated rings. The van der Waals surface area contributed by atoms with Gasteiger partial charge in [-0.2, -0.15) is 0 Å². The molecule has 0 saturated carbocycles. The van der Waals surface area contributed by atoms with E-state index >= 15 is 0 Å². The van der Waals surface area contributed by atoms with Crippen molar-refractivity contribution in [2.24, 2.45) is 0 Å². The van der Waals surface area contributed by atoms with Crippen LogP contribution in [0.15, 0.2) is 59.1 Å². The Hall–Kier alpha value is -3.41. The maximum Gasteiger partial charge on any atom is 0.192 e. The smallest absolute Gasteiger partial charge is 0.192 e. The number of oxazole rings is 1. The molecule has 0 saturated heterocycles. The second kappa shape index (κ2) is 6.24. The molecule has 6 nitrogen and oxygen atoms in total. The minimum Gasteiger partial charge on any atom is -0.508 e. The number of anilines is 2. The van der Waals surface area contributed by atoms with Gasteiger partial charge in [0.1, 0.15) is 22.9 Å². The van der Waals surface area contributed by atoms with Crippen LogP contribution in [-0.4, -0.2) is 20.1 Å². The lowest BCUT2D eigenvalue weighted by Crippen LogP contribution is -2.00. The number of phenolic OH excluding ortho intramolecular Hbond substituents is 1. The van der Waals surface area contributed by atoms with Crippen LogP contribution in [0.2, 0.25) is 0 Å². The van der Waals surface area contributed by atoms with Crippen molar-refractivity contribution in [3.8, 4) is 5.75 Å². The Bertz CT molecular complexity index is 1040. The van der Waals surface area contributed by atoms with E-state index in [1.54, 1.807) is 24.4 Å². The lowest BCUT2D eigenvalue weighted by atomic mass is 10.1. The maximum atomic E-state index is 9.56. The number of hydrogen-bond acceptors (Lipinski definition) is 6. The van der Waals surface area contributed by atoms with Crippen LogP contribution in [-0.2, 0) is 6.42 Å². The minimum absolute atomic E-state index is 0.238. The van der Waals surface area contributed by atoms with Crippen LogP contribution in [0.3, 0.4) is 0 Å². The summed E-state index contributed by atoms with van der Waals surface area (Å²) < 4.78 is 5.55. The highest BCUT2D eigenvalue weighted by molar-refractivity contribution is 5.78. The second-order valence-electron chi connectivity index (χ2n) is 5.75. The van der Waals surface area contributed by atoms with E-state index in [0.29, 0.717) is 24.0 Å². The summed E-state index contributed by atoms with van der Waals surface area (Å²) >= 11 is 0. The first-order valence-corrected chi connectivity index (χ1v) is 7.90. The molecule has 0 unspecified atom stereocenters. The number of fused-ring (bicyclic) bond motifs is 1. The van der Waals surface area contributed by atoms with E-state index in [9.17, 15) is 5.11 Å². The van der Waals surface area contributed by atoms with Gasteiger partial charge >= 0.3 is 0 Å². The van der Waals surface area contributed by atoms with Gasteiger partial charge in [-0.05, 0) is 35.9 Å². The van der Waals surface area contributed by atoms with Gasteiger partial charge in [0.05, 0.1) is 0 Å². The van der Waals surface area contributed by atoms with Gasteiger partial charge in [-0.3, -0.25) is 0 Å². The zero-order chi connectivity index (χ0) is 17.2. The fraction of sp³-hybridized carbons (Fsp3) is 0.105. The highest BCUT2D eigenvalue weighted by Gasteiger charge is 2.06. The van der Waals surface area contributed by atoms with Crippen LogP contribution in [0.25, 0.3) is 11.1 Å². The monoisotopic (exact) mass is 332 g/mol. The van der Waals surface area contributed by atoms with Crippen molar-refractivity contribution in [1.82, 2.24) is 15.0 Å². The van der Waals surface area contributed by atoms with Crippen LogP contribution in [0.1, 0.15) is 17.3 Å². The average Bonchev–Trinajstić information content (AvgIpc) is 2.94. The molecule has 4 aromatic rings. The quantitative estimate of drug-likeness (QED) is 0.588. The van der Waals surface area contributed by atoms with E-state index in [0.717, 1.165) is 22.4 Å². The third-order valence-corrected chi connectivity index (χ3v) is 3.75. The number of hydrogen-bond donors (Lipinski definition) is 2. The summed E-state index contributed by atoms with van der Waals surface area (Å²) in [6.07, 6.45) is 2.26. The molecule has 0 aliphatic heterocycles. The van der Waals surface area contributed by atoms with E-state index in [1.807, 2.05) is 37.3 Å². The summed E-state index contributed by atoms with van der Waals surface area (Å²) in [4.78, 5) is 13.1.